The lowest BCUT2D eigenvalue weighted by molar-refractivity contribution is -0.141. The maximum atomic E-state index is 13.8. The molecular formula is C31H38ClN3O5S. The van der Waals surface area contributed by atoms with Gasteiger partial charge in [-0.05, 0) is 48.2 Å². The van der Waals surface area contributed by atoms with Crippen molar-refractivity contribution in [2.24, 2.45) is 0 Å². The van der Waals surface area contributed by atoms with Crippen LogP contribution >= 0.6 is 11.6 Å². The summed E-state index contributed by atoms with van der Waals surface area (Å²) in [6.07, 6.45) is 2.53. The average Bonchev–Trinajstić information content (AvgIpc) is 2.95. The number of amides is 2. The van der Waals surface area contributed by atoms with Crippen molar-refractivity contribution in [3.05, 3.63) is 95.0 Å². The van der Waals surface area contributed by atoms with E-state index in [0.29, 0.717) is 29.4 Å². The second kappa shape index (κ2) is 15.4. The molecule has 0 spiro atoms. The Bertz CT molecular complexity index is 1400. The van der Waals surface area contributed by atoms with Crippen molar-refractivity contribution in [3.63, 3.8) is 0 Å². The molecule has 0 unspecified atom stereocenters. The van der Waals surface area contributed by atoms with Crippen molar-refractivity contribution >= 4 is 39.1 Å². The number of rotatable bonds is 15. The first-order valence-corrected chi connectivity index (χ1v) is 15.8. The van der Waals surface area contributed by atoms with Gasteiger partial charge in [0.05, 0.1) is 19.1 Å². The van der Waals surface area contributed by atoms with Gasteiger partial charge in [-0.3, -0.25) is 13.9 Å². The zero-order valence-electron chi connectivity index (χ0n) is 23.8. The van der Waals surface area contributed by atoms with Crippen molar-refractivity contribution in [2.75, 3.05) is 30.8 Å². The molecule has 0 aliphatic rings. The summed E-state index contributed by atoms with van der Waals surface area (Å²) in [6.45, 7) is 2.74. The Morgan fingerprint density at radius 3 is 2.34 bits per heavy atom. The van der Waals surface area contributed by atoms with E-state index in [1.165, 1.54) is 11.4 Å². The molecule has 2 amide bonds. The number of nitrogens with one attached hydrogen (secondary N) is 1. The third kappa shape index (κ3) is 9.79. The van der Waals surface area contributed by atoms with E-state index in [9.17, 15) is 18.0 Å². The van der Waals surface area contributed by atoms with Gasteiger partial charge in [0.2, 0.25) is 21.8 Å². The van der Waals surface area contributed by atoms with E-state index in [4.69, 9.17) is 16.3 Å². The zero-order valence-corrected chi connectivity index (χ0v) is 25.3. The third-order valence-electron chi connectivity index (χ3n) is 6.56. The van der Waals surface area contributed by atoms with E-state index in [0.717, 1.165) is 23.8 Å². The molecule has 10 heteroatoms. The highest BCUT2D eigenvalue weighted by Crippen LogP contribution is 2.24. The summed E-state index contributed by atoms with van der Waals surface area (Å²) in [6, 6.07) is 22.8. The molecule has 0 aliphatic carbocycles. The quantitative estimate of drug-likeness (QED) is 0.263. The first kappa shape index (κ1) is 32.0. The minimum Gasteiger partial charge on any atom is -0.497 e. The minimum absolute atomic E-state index is 0.0445. The molecule has 0 aliphatic heterocycles. The summed E-state index contributed by atoms with van der Waals surface area (Å²) in [7, 11) is -2.11. The summed E-state index contributed by atoms with van der Waals surface area (Å²) in [5, 5.41) is 3.49. The van der Waals surface area contributed by atoms with Gasteiger partial charge in [0.25, 0.3) is 0 Å². The molecule has 0 heterocycles. The Hall–Kier alpha value is -3.56. The van der Waals surface area contributed by atoms with Gasteiger partial charge in [0, 0.05) is 43.6 Å². The molecule has 1 atom stereocenters. The number of nitrogens with zero attached hydrogens (tertiary/aromatic N) is 2. The van der Waals surface area contributed by atoms with Gasteiger partial charge in [-0.1, -0.05) is 67.1 Å². The Morgan fingerprint density at radius 1 is 0.976 bits per heavy atom. The normalized spacial score (nSPS) is 11.9. The molecule has 3 aromatic carbocycles. The van der Waals surface area contributed by atoms with Crippen LogP contribution in [-0.2, 0) is 32.6 Å². The van der Waals surface area contributed by atoms with Gasteiger partial charge in [-0.2, -0.15) is 0 Å². The number of anilines is 1. The van der Waals surface area contributed by atoms with Gasteiger partial charge in [0.15, 0.2) is 0 Å². The van der Waals surface area contributed by atoms with Crippen LogP contribution in [-0.4, -0.2) is 57.6 Å². The summed E-state index contributed by atoms with van der Waals surface area (Å²) >= 11 is 6.24. The van der Waals surface area contributed by atoms with Gasteiger partial charge in [-0.15, -0.1) is 0 Å². The summed E-state index contributed by atoms with van der Waals surface area (Å²) in [5.74, 6) is 0.0404. The number of hydrogen-bond acceptors (Lipinski definition) is 5. The number of carbonyl (C=O) groups is 2. The SMILES string of the molecule is CCCNC(=O)[C@@H](Cc1ccccc1)N(Cc1cccc(Cl)c1)C(=O)CCCN(c1cccc(OC)c1)S(C)(=O)=O. The Kier molecular flexibility index (Phi) is 12.0. The van der Waals surface area contributed by atoms with Crippen LogP contribution in [0, 0.1) is 0 Å². The van der Waals surface area contributed by atoms with Crippen LogP contribution in [0.3, 0.4) is 0 Å². The second-order valence-corrected chi connectivity index (χ2v) is 12.1. The molecule has 3 rings (SSSR count). The molecule has 0 saturated heterocycles. The van der Waals surface area contributed by atoms with Gasteiger partial charge < -0.3 is 15.0 Å². The molecule has 0 bridgehead atoms. The van der Waals surface area contributed by atoms with Crippen molar-refractivity contribution in [2.45, 2.75) is 45.2 Å². The molecule has 8 nitrogen and oxygen atoms in total. The Labute approximate surface area is 248 Å². The number of halogens is 1. The minimum atomic E-state index is -3.62. The highest BCUT2D eigenvalue weighted by atomic mass is 35.5. The number of ether oxygens (including phenoxy) is 1. The predicted molar refractivity (Wildman–Crippen MR) is 164 cm³/mol. The van der Waals surface area contributed by atoms with Crippen LogP contribution in [0.4, 0.5) is 5.69 Å². The fourth-order valence-corrected chi connectivity index (χ4v) is 5.69. The van der Waals surface area contributed by atoms with Gasteiger partial charge >= 0.3 is 0 Å². The first-order valence-electron chi connectivity index (χ1n) is 13.6. The van der Waals surface area contributed by atoms with Crippen LogP contribution in [0.2, 0.25) is 5.02 Å². The lowest BCUT2D eigenvalue weighted by Crippen LogP contribution is -2.50. The fourth-order valence-electron chi connectivity index (χ4n) is 4.52. The molecule has 220 valence electrons. The molecule has 0 saturated carbocycles. The summed E-state index contributed by atoms with van der Waals surface area (Å²) in [4.78, 5) is 28.9. The van der Waals surface area contributed by atoms with E-state index >= 15 is 0 Å². The van der Waals surface area contributed by atoms with E-state index in [1.54, 1.807) is 41.3 Å². The van der Waals surface area contributed by atoms with Crippen molar-refractivity contribution in [1.29, 1.82) is 0 Å². The summed E-state index contributed by atoms with van der Waals surface area (Å²) in [5.41, 5.74) is 2.17. The predicted octanol–water partition coefficient (Wildman–Crippen LogP) is 5.06. The number of benzene rings is 3. The molecule has 1 N–H and O–H groups in total. The third-order valence-corrected chi connectivity index (χ3v) is 7.98. The lowest BCUT2D eigenvalue weighted by atomic mass is 10.0. The monoisotopic (exact) mass is 599 g/mol. The van der Waals surface area contributed by atoms with Crippen LogP contribution < -0.4 is 14.4 Å². The molecular weight excluding hydrogens is 562 g/mol. The number of carbonyl (C=O) groups excluding carboxylic acids is 2. The molecule has 0 radical (unpaired) electrons. The largest absolute Gasteiger partial charge is 0.497 e. The van der Waals surface area contributed by atoms with E-state index < -0.39 is 16.1 Å². The molecule has 0 fully saturated rings. The Morgan fingerprint density at radius 2 is 1.68 bits per heavy atom. The van der Waals surface area contributed by atoms with Crippen LogP contribution in [0.25, 0.3) is 0 Å². The van der Waals surface area contributed by atoms with Crippen molar-refractivity contribution in [3.8, 4) is 5.75 Å². The highest BCUT2D eigenvalue weighted by molar-refractivity contribution is 7.92. The number of hydrogen-bond donors (Lipinski definition) is 1. The van der Waals surface area contributed by atoms with Crippen molar-refractivity contribution < 1.29 is 22.7 Å². The second-order valence-electron chi connectivity index (χ2n) is 9.79. The molecule has 0 aromatic heterocycles. The maximum Gasteiger partial charge on any atom is 0.243 e. The van der Waals surface area contributed by atoms with Crippen molar-refractivity contribution in [1.82, 2.24) is 10.2 Å². The van der Waals surface area contributed by atoms with E-state index in [2.05, 4.69) is 5.32 Å². The first-order chi connectivity index (χ1) is 19.6. The maximum absolute atomic E-state index is 13.8. The smallest absolute Gasteiger partial charge is 0.243 e. The highest BCUT2D eigenvalue weighted by Gasteiger charge is 2.30. The standard InChI is InChI=1S/C31H38ClN3O5S/c1-4-18-33-31(37)29(21-24-11-6-5-7-12-24)34(23-25-13-8-14-26(32)20-25)30(36)17-10-19-35(41(3,38)39)27-15-9-16-28(22-27)40-2/h5-9,11-16,20,22,29H,4,10,17-19,21,23H2,1-3H3,(H,33,37)/t29-/m1/s1. The topological polar surface area (TPSA) is 96.0 Å². The summed E-state index contributed by atoms with van der Waals surface area (Å²) < 4.78 is 31.8. The molecule has 41 heavy (non-hydrogen) atoms. The lowest BCUT2D eigenvalue weighted by Gasteiger charge is -2.32. The van der Waals surface area contributed by atoms with Gasteiger partial charge in [0.1, 0.15) is 11.8 Å². The number of sulfonamides is 1. The fraction of sp³-hybridized carbons (Fsp3) is 0.355. The Balaban J connectivity index is 1.87. The van der Waals surface area contributed by atoms with Crippen LogP contribution in [0.1, 0.15) is 37.3 Å². The van der Waals surface area contributed by atoms with Crippen LogP contribution in [0.5, 0.6) is 5.75 Å². The average molecular weight is 600 g/mol. The van der Waals surface area contributed by atoms with E-state index in [-0.39, 0.29) is 37.7 Å². The molecule has 3 aromatic rings. The van der Waals surface area contributed by atoms with Crippen LogP contribution in [0.15, 0.2) is 78.9 Å². The van der Waals surface area contributed by atoms with Gasteiger partial charge in [-0.25, -0.2) is 8.42 Å². The zero-order chi connectivity index (χ0) is 29.8. The van der Waals surface area contributed by atoms with E-state index in [1.807, 2.05) is 49.4 Å². The number of methoxy groups -OCH3 is 1.